The summed E-state index contributed by atoms with van der Waals surface area (Å²) in [5.74, 6) is 0. The minimum Gasteiger partial charge on any atom is -0.330 e. The molecule has 0 saturated carbocycles. The van der Waals surface area contributed by atoms with E-state index in [0.717, 1.165) is 18.5 Å². The first-order valence-electron chi connectivity index (χ1n) is 6.49. The number of nitrogens with zero attached hydrogens (tertiary/aromatic N) is 2. The van der Waals surface area contributed by atoms with Gasteiger partial charge in [0.15, 0.2) is 0 Å². The lowest BCUT2D eigenvalue weighted by molar-refractivity contribution is 0.701. The van der Waals surface area contributed by atoms with Crippen LogP contribution in [0.5, 0.6) is 0 Å². The highest BCUT2D eigenvalue weighted by atomic mass is 15.3. The molecule has 0 bridgehead atoms. The van der Waals surface area contributed by atoms with Crippen molar-refractivity contribution in [2.24, 2.45) is 12.8 Å². The summed E-state index contributed by atoms with van der Waals surface area (Å²) >= 11 is 0. The highest BCUT2D eigenvalue weighted by molar-refractivity contribution is 5.69. The van der Waals surface area contributed by atoms with Crippen LogP contribution in [-0.4, -0.2) is 16.3 Å². The second-order valence-electron chi connectivity index (χ2n) is 4.62. The summed E-state index contributed by atoms with van der Waals surface area (Å²) in [6.07, 6.45) is 1.93. The highest BCUT2D eigenvalue weighted by Gasteiger charge is 2.14. The maximum Gasteiger partial charge on any atom is 0.0674 e. The SMILES string of the molecule is CCc1ccc(-c2c(C)nn(C)c2CCN)cc1. The first-order valence-corrected chi connectivity index (χ1v) is 6.49. The van der Waals surface area contributed by atoms with Crippen molar-refractivity contribution in [2.75, 3.05) is 6.54 Å². The molecule has 0 fully saturated rings. The molecule has 18 heavy (non-hydrogen) atoms. The van der Waals surface area contributed by atoms with Crippen molar-refractivity contribution in [1.29, 1.82) is 0 Å². The van der Waals surface area contributed by atoms with Crippen LogP contribution in [0.15, 0.2) is 24.3 Å². The third-order valence-electron chi connectivity index (χ3n) is 3.37. The van der Waals surface area contributed by atoms with Crippen LogP contribution in [-0.2, 0) is 19.9 Å². The van der Waals surface area contributed by atoms with Gasteiger partial charge in [-0.15, -0.1) is 0 Å². The molecule has 2 rings (SSSR count). The van der Waals surface area contributed by atoms with Crippen molar-refractivity contribution < 1.29 is 0 Å². The average Bonchev–Trinajstić information content (AvgIpc) is 2.65. The molecule has 1 aromatic carbocycles. The van der Waals surface area contributed by atoms with E-state index in [2.05, 4.69) is 43.2 Å². The monoisotopic (exact) mass is 243 g/mol. The van der Waals surface area contributed by atoms with Crippen molar-refractivity contribution in [3.05, 3.63) is 41.2 Å². The van der Waals surface area contributed by atoms with Gasteiger partial charge >= 0.3 is 0 Å². The summed E-state index contributed by atoms with van der Waals surface area (Å²) in [7, 11) is 1.99. The Bertz CT molecular complexity index is 523. The van der Waals surface area contributed by atoms with Gasteiger partial charge in [0.25, 0.3) is 0 Å². The fraction of sp³-hybridized carbons (Fsp3) is 0.400. The Hall–Kier alpha value is -1.61. The Morgan fingerprint density at radius 3 is 2.44 bits per heavy atom. The fourth-order valence-corrected chi connectivity index (χ4v) is 2.41. The minimum atomic E-state index is 0.652. The van der Waals surface area contributed by atoms with Crippen LogP contribution in [0.3, 0.4) is 0 Å². The molecule has 3 nitrogen and oxygen atoms in total. The van der Waals surface area contributed by atoms with Gasteiger partial charge in [-0.2, -0.15) is 5.10 Å². The van der Waals surface area contributed by atoms with Crippen LogP contribution < -0.4 is 5.73 Å². The Balaban J connectivity index is 2.48. The third kappa shape index (κ3) is 2.31. The van der Waals surface area contributed by atoms with Gasteiger partial charge in [0.05, 0.1) is 5.69 Å². The number of hydrogen-bond acceptors (Lipinski definition) is 2. The van der Waals surface area contributed by atoms with E-state index < -0.39 is 0 Å². The molecule has 1 heterocycles. The summed E-state index contributed by atoms with van der Waals surface area (Å²) in [5, 5.41) is 4.51. The van der Waals surface area contributed by atoms with E-state index in [-0.39, 0.29) is 0 Å². The van der Waals surface area contributed by atoms with E-state index >= 15 is 0 Å². The van der Waals surface area contributed by atoms with Crippen LogP contribution >= 0.6 is 0 Å². The normalized spacial score (nSPS) is 10.9. The molecule has 0 aliphatic heterocycles. The molecule has 96 valence electrons. The number of nitrogens with two attached hydrogens (primary N) is 1. The largest absolute Gasteiger partial charge is 0.330 e. The van der Waals surface area contributed by atoms with Gasteiger partial charge in [-0.3, -0.25) is 4.68 Å². The van der Waals surface area contributed by atoms with Gasteiger partial charge in [0.2, 0.25) is 0 Å². The number of benzene rings is 1. The number of rotatable bonds is 4. The topological polar surface area (TPSA) is 43.8 Å². The van der Waals surface area contributed by atoms with Gasteiger partial charge < -0.3 is 5.73 Å². The zero-order valence-corrected chi connectivity index (χ0v) is 11.4. The minimum absolute atomic E-state index is 0.652. The summed E-state index contributed by atoms with van der Waals surface area (Å²) in [4.78, 5) is 0. The summed E-state index contributed by atoms with van der Waals surface area (Å²) in [5.41, 5.74) is 11.8. The van der Waals surface area contributed by atoms with E-state index in [1.165, 1.54) is 22.4 Å². The zero-order valence-electron chi connectivity index (χ0n) is 11.4. The van der Waals surface area contributed by atoms with Gasteiger partial charge in [0, 0.05) is 24.7 Å². The second-order valence-corrected chi connectivity index (χ2v) is 4.62. The quantitative estimate of drug-likeness (QED) is 0.896. The smallest absolute Gasteiger partial charge is 0.0674 e. The van der Waals surface area contributed by atoms with Crippen LogP contribution in [0.25, 0.3) is 11.1 Å². The molecule has 0 aliphatic rings. The van der Waals surface area contributed by atoms with Crippen molar-refractivity contribution in [2.45, 2.75) is 26.7 Å². The van der Waals surface area contributed by atoms with Crippen LogP contribution in [0.4, 0.5) is 0 Å². The second kappa shape index (κ2) is 5.36. The molecule has 0 saturated heterocycles. The van der Waals surface area contributed by atoms with Crippen molar-refractivity contribution in [3.8, 4) is 11.1 Å². The maximum absolute atomic E-state index is 5.69. The summed E-state index contributed by atoms with van der Waals surface area (Å²) in [6, 6.07) is 8.74. The molecule has 0 amide bonds. The Labute approximate surface area is 109 Å². The van der Waals surface area contributed by atoms with E-state index in [1.54, 1.807) is 0 Å². The first-order chi connectivity index (χ1) is 8.67. The molecule has 0 radical (unpaired) electrons. The molecule has 3 heteroatoms. The van der Waals surface area contributed by atoms with Gasteiger partial charge in [-0.1, -0.05) is 31.2 Å². The summed E-state index contributed by atoms with van der Waals surface area (Å²) < 4.78 is 1.95. The molecule has 0 spiro atoms. The van der Waals surface area contributed by atoms with E-state index in [1.807, 2.05) is 11.7 Å². The molecule has 1 aromatic heterocycles. The maximum atomic E-state index is 5.69. The predicted molar refractivity (Wildman–Crippen MR) is 75.5 cm³/mol. The lowest BCUT2D eigenvalue weighted by Crippen LogP contribution is -2.08. The number of aromatic nitrogens is 2. The standard InChI is InChI=1S/C15H21N3/c1-4-12-5-7-13(8-6-12)15-11(2)17-18(3)14(15)9-10-16/h5-8H,4,9-10,16H2,1-3H3. The van der Waals surface area contributed by atoms with Gasteiger partial charge in [-0.05, 0) is 31.0 Å². The molecular weight excluding hydrogens is 222 g/mol. The van der Waals surface area contributed by atoms with Gasteiger partial charge in [-0.25, -0.2) is 0 Å². The van der Waals surface area contributed by atoms with Gasteiger partial charge in [0.1, 0.15) is 0 Å². The lowest BCUT2D eigenvalue weighted by atomic mass is 10.00. The van der Waals surface area contributed by atoms with Crippen molar-refractivity contribution in [3.63, 3.8) is 0 Å². The van der Waals surface area contributed by atoms with Crippen LogP contribution in [0.2, 0.25) is 0 Å². The molecule has 2 aromatic rings. The molecule has 2 N–H and O–H groups in total. The Kier molecular flexibility index (Phi) is 3.82. The first kappa shape index (κ1) is 12.8. The van der Waals surface area contributed by atoms with Crippen LogP contribution in [0.1, 0.15) is 23.9 Å². The number of aryl methyl sites for hydroxylation is 3. The van der Waals surface area contributed by atoms with Crippen molar-refractivity contribution in [1.82, 2.24) is 9.78 Å². The average molecular weight is 243 g/mol. The predicted octanol–water partition coefficient (Wildman–Crippen LogP) is 2.46. The number of hydrogen-bond donors (Lipinski definition) is 1. The molecule has 0 atom stereocenters. The summed E-state index contributed by atoms with van der Waals surface area (Å²) in [6.45, 7) is 4.88. The Morgan fingerprint density at radius 1 is 1.22 bits per heavy atom. The molecule has 0 unspecified atom stereocenters. The third-order valence-corrected chi connectivity index (χ3v) is 3.37. The van der Waals surface area contributed by atoms with Crippen LogP contribution in [0, 0.1) is 6.92 Å². The highest BCUT2D eigenvalue weighted by Crippen LogP contribution is 2.27. The zero-order chi connectivity index (χ0) is 13.1. The Morgan fingerprint density at radius 2 is 1.89 bits per heavy atom. The van der Waals surface area contributed by atoms with E-state index in [4.69, 9.17) is 5.73 Å². The van der Waals surface area contributed by atoms with Crippen molar-refractivity contribution >= 4 is 0 Å². The lowest BCUT2D eigenvalue weighted by Gasteiger charge is -2.06. The van der Waals surface area contributed by atoms with E-state index in [9.17, 15) is 0 Å². The van der Waals surface area contributed by atoms with E-state index in [0.29, 0.717) is 6.54 Å². The molecule has 0 aliphatic carbocycles. The molecular formula is C15H21N3. The fourth-order valence-electron chi connectivity index (χ4n) is 2.41.